The monoisotopic (exact) mass is 502 g/mol. The van der Waals surface area contributed by atoms with Crippen molar-refractivity contribution in [3.63, 3.8) is 0 Å². The highest BCUT2D eigenvalue weighted by Gasteiger charge is 2.43. The van der Waals surface area contributed by atoms with E-state index in [1.807, 2.05) is 30.3 Å². The van der Waals surface area contributed by atoms with Gasteiger partial charge in [-0.25, -0.2) is 8.42 Å². The largest absolute Gasteiger partial charge is 0.389 e. The number of aliphatic hydroxyl groups is 1. The SMILES string of the molecule is Cc1ccccc1S(=O)(=O)N1C[C@H](O)COC[C@@H]2O[C@H](CC(=O)NCCc3ccccc3)CC[C@H]21. The molecule has 190 valence electrons. The molecule has 0 saturated carbocycles. The van der Waals surface area contributed by atoms with Crippen LogP contribution in [0.1, 0.15) is 30.4 Å². The highest BCUT2D eigenvalue weighted by atomic mass is 32.2. The summed E-state index contributed by atoms with van der Waals surface area (Å²) >= 11 is 0. The molecule has 0 spiro atoms. The number of nitrogens with zero attached hydrogens (tertiary/aromatic N) is 1. The lowest BCUT2D eigenvalue weighted by Crippen LogP contribution is -2.57. The van der Waals surface area contributed by atoms with E-state index in [-0.39, 0.29) is 43.1 Å². The highest BCUT2D eigenvalue weighted by Crippen LogP contribution is 2.32. The fourth-order valence-corrected chi connectivity index (χ4v) is 6.76. The van der Waals surface area contributed by atoms with Crippen molar-refractivity contribution < 1.29 is 27.8 Å². The van der Waals surface area contributed by atoms with Gasteiger partial charge in [-0.1, -0.05) is 48.5 Å². The van der Waals surface area contributed by atoms with Crippen LogP contribution in [0.15, 0.2) is 59.5 Å². The number of hydrogen-bond acceptors (Lipinski definition) is 6. The number of sulfonamides is 1. The van der Waals surface area contributed by atoms with Gasteiger partial charge in [-0.3, -0.25) is 4.79 Å². The quantitative estimate of drug-likeness (QED) is 0.601. The molecular formula is C26H34N2O6S. The van der Waals surface area contributed by atoms with Crippen molar-refractivity contribution in [2.45, 2.75) is 61.9 Å². The summed E-state index contributed by atoms with van der Waals surface area (Å²) in [5, 5.41) is 13.3. The second kappa shape index (κ2) is 11.6. The summed E-state index contributed by atoms with van der Waals surface area (Å²) < 4.78 is 40.5. The van der Waals surface area contributed by atoms with Crippen molar-refractivity contribution in [3.05, 3.63) is 65.7 Å². The first kappa shape index (κ1) is 25.8. The van der Waals surface area contributed by atoms with Crippen molar-refractivity contribution in [2.75, 3.05) is 26.3 Å². The number of rotatable bonds is 7. The summed E-state index contributed by atoms with van der Waals surface area (Å²) in [7, 11) is -3.86. The van der Waals surface area contributed by atoms with Crippen LogP contribution in [0, 0.1) is 6.92 Å². The van der Waals surface area contributed by atoms with Crippen molar-refractivity contribution in [1.82, 2.24) is 9.62 Å². The molecule has 2 fully saturated rings. The molecule has 0 radical (unpaired) electrons. The van der Waals surface area contributed by atoms with Crippen molar-refractivity contribution in [2.24, 2.45) is 0 Å². The zero-order valence-electron chi connectivity index (χ0n) is 20.0. The Morgan fingerprint density at radius 1 is 1.09 bits per heavy atom. The van der Waals surface area contributed by atoms with Crippen LogP contribution in [-0.2, 0) is 30.7 Å². The third-order valence-electron chi connectivity index (χ3n) is 6.61. The minimum Gasteiger partial charge on any atom is -0.389 e. The molecule has 0 aliphatic carbocycles. The molecule has 4 atom stereocenters. The van der Waals surface area contributed by atoms with E-state index in [0.717, 1.165) is 12.0 Å². The molecule has 2 N–H and O–H groups in total. The van der Waals surface area contributed by atoms with Crippen LogP contribution in [0.5, 0.6) is 0 Å². The van der Waals surface area contributed by atoms with E-state index in [1.54, 1.807) is 31.2 Å². The minimum absolute atomic E-state index is 0.0248. The first-order valence-electron chi connectivity index (χ1n) is 12.1. The lowest BCUT2D eigenvalue weighted by atomic mass is 9.96. The zero-order chi connectivity index (χ0) is 24.8. The molecule has 0 unspecified atom stereocenters. The topological polar surface area (TPSA) is 105 Å². The van der Waals surface area contributed by atoms with Gasteiger partial charge in [0.05, 0.1) is 48.9 Å². The zero-order valence-corrected chi connectivity index (χ0v) is 20.8. The van der Waals surface area contributed by atoms with E-state index >= 15 is 0 Å². The van der Waals surface area contributed by atoms with Crippen LogP contribution in [0.3, 0.4) is 0 Å². The molecule has 0 bridgehead atoms. The van der Waals surface area contributed by atoms with Gasteiger partial charge in [-0.05, 0) is 43.4 Å². The lowest BCUT2D eigenvalue weighted by Gasteiger charge is -2.43. The summed E-state index contributed by atoms with van der Waals surface area (Å²) in [5.74, 6) is -0.0871. The van der Waals surface area contributed by atoms with Crippen LogP contribution in [0.2, 0.25) is 0 Å². The molecule has 9 heteroatoms. The van der Waals surface area contributed by atoms with Crippen LogP contribution in [0.25, 0.3) is 0 Å². The molecule has 2 aliphatic rings. The lowest BCUT2D eigenvalue weighted by molar-refractivity contribution is -0.146. The van der Waals surface area contributed by atoms with E-state index in [1.165, 1.54) is 4.31 Å². The molecule has 2 aliphatic heterocycles. The second-order valence-electron chi connectivity index (χ2n) is 9.26. The molecule has 0 aromatic heterocycles. The van der Waals surface area contributed by atoms with Gasteiger partial charge in [-0.2, -0.15) is 4.31 Å². The van der Waals surface area contributed by atoms with E-state index in [0.29, 0.717) is 24.9 Å². The van der Waals surface area contributed by atoms with Crippen LogP contribution >= 0.6 is 0 Å². The molecule has 2 aromatic rings. The predicted octanol–water partition coefficient (Wildman–Crippen LogP) is 2.04. The Morgan fingerprint density at radius 3 is 2.60 bits per heavy atom. The van der Waals surface area contributed by atoms with Gasteiger partial charge in [-0.15, -0.1) is 0 Å². The number of β-amino-alcohol motifs (C(OH)–C–C–N with tert-alkyl or cyclic N) is 1. The number of amides is 1. The smallest absolute Gasteiger partial charge is 0.243 e. The first-order chi connectivity index (χ1) is 16.8. The summed E-state index contributed by atoms with van der Waals surface area (Å²) in [6, 6.07) is 16.3. The van der Waals surface area contributed by atoms with E-state index in [4.69, 9.17) is 9.47 Å². The maximum atomic E-state index is 13.6. The second-order valence-corrected chi connectivity index (χ2v) is 11.1. The molecule has 8 nitrogen and oxygen atoms in total. The summed E-state index contributed by atoms with van der Waals surface area (Å²) in [6.07, 6.45) is 0.274. The van der Waals surface area contributed by atoms with Crippen molar-refractivity contribution in [3.8, 4) is 0 Å². The number of carbonyl (C=O) groups is 1. The molecule has 4 rings (SSSR count). The Labute approximate surface area is 207 Å². The maximum absolute atomic E-state index is 13.6. The number of nitrogens with one attached hydrogen (secondary N) is 1. The molecular weight excluding hydrogens is 468 g/mol. The van der Waals surface area contributed by atoms with Gasteiger partial charge in [0.15, 0.2) is 0 Å². The maximum Gasteiger partial charge on any atom is 0.243 e. The predicted molar refractivity (Wildman–Crippen MR) is 131 cm³/mol. The van der Waals surface area contributed by atoms with Gasteiger partial charge in [0.25, 0.3) is 0 Å². The van der Waals surface area contributed by atoms with Gasteiger partial charge in [0, 0.05) is 13.1 Å². The number of aryl methyl sites for hydroxylation is 1. The minimum atomic E-state index is -3.86. The van der Waals surface area contributed by atoms with Gasteiger partial charge >= 0.3 is 0 Å². The highest BCUT2D eigenvalue weighted by molar-refractivity contribution is 7.89. The van der Waals surface area contributed by atoms with Crippen molar-refractivity contribution in [1.29, 1.82) is 0 Å². The normalized spacial score (nSPS) is 25.8. The van der Waals surface area contributed by atoms with Crippen LogP contribution < -0.4 is 5.32 Å². The van der Waals surface area contributed by atoms with Crippen molar-refractivity contribution >= 4 is 15.9 Å². The third kappa shape index (κ3) is 6.48. The fraction of sp³-hybridized carbons (Fsp3) is 0.500. The summed E-state index contributed by atoms with van der Waals surface area (Å²) in [6.45, 7) is 2.43. The Bertz CT molecular complexity index is 1090. The average Bonchev–Trinajstić information content (AvgIpc) is 2.82. The number of ether oxygens (including phenoxy) is 2. The summed E-state index contributed by atoms with van der Waals surface area (Å²) in [5.41, 5.74) is 1.81. The number of aliphatic hydroxyl groups excluding tert-OH is 1. The Balaban J connectivity index is 1.40. The van der Waals surface area contributed by atoms with E-state index < -0.39 is 28.3 Å². The first-order valence-corrected chi connectivity index (χ1v) is 13.6. The number of benzene rings is 2. The summed E-state index contributed by atoms with van der Waals surface area (Å²) in [4.78, 5) is 12.7. The van der Waals surface area contributed by atoms with Gasteiger partial charge < -0.3 is 19.9 Å². The molecule has 35 heavy (non-hydrogen) atoms. The fourth-order valence-electron chi connectivity index (χ4n) is 4.81. The molecule has 2 heterocycles. The van der Waals surface area contributed by atoms with E-state index in [9.17, 15) is 18.3 Å². The number of carbonyl (C=O) groups excluding carboxylic acids is 1. The molecule has 2 aromatic carbocycles. The standard InChI is InChI=1S/C26H34N2O6S/c1-19-7-5-6-10-25(19)35(31,32)28-16-21(29)17-33-18-24-23(28)12-11-22(34-24)15-26(30)27-14-13-20-8-3-2-4-9-20/h2-10,21-24,29H,11-18H2,1H3,(H,27,30)/t21-,22-,23+,24-/m0/s1. The molecule has 2 saturated heterocycles. The Morgan fingerprint density at radius 2 is 1.83 bits per heavy atom. The molecule has 1 amide bonds. The average molecular weight is 503 g/mol. The Kier molecular flexibility index (Phi) is 8.56. The van der Waals surface area contributed by atoms with Gasteiger partial charge in [0.1, 0.15) is 0 Å². The number of fused-ring (bicyclic) bond motifs is 1. The van der Waals surface area contributed by atoms with Crippen LogP contribution in [-0.4, -0.2) is 74.4 Å². The van der Waals surface area contributed by atoms with Crippen LogP contribution in [0.4, 0.5) is 0 Å². The Hall–Kier alpha value is -2.30. The third-order valence-corrected chi connectivity index (χ3v) is 8.66. The van der Waals surface area contributed by atoms with E-state index in [2.05, 4.69) is 5.32 Å². The number of hydrogen-bond donors (Lipinski definition) is 2. The van der Waals surface area contributed by atoms with Gasteiger partial charge in [0.2, 0.25) is 15.9 Å².